The molecule has 7 heteroatoms. The van der Waals surface area contributed by atoms with Gasteiger partial charge >= 0.3 is 0 Å². The lowest BCUT2D eigenvalue weighted by atomic mass is 9.91. The molecule has 7 nitrogen and oxygen atoms in total. The lowest BCUT2D eigenvalue weighted by Crippen LogP contribution is -2.28. The number of hydrogen-bond acceptors (Lipinski definition) is 4. The van der Waals surface area contributed by atoms with Crippen LogP contribution in [0.25, 0.3) is 117 Å². The highest BCUT2D eigenvalue weighted by atomic mass is 15.2. The molecule has 0 bridgehead atoms. The molecule has 0 fully saturated rings. The third kappa shape index (κ3) is 6.32. The van der Waals surface area contributed by atoms with E-state index in [1.54, 1.807) is 0 Å². The van der Waals surface area contributed by atoms with Crippen molar-refractivity contribution in [2.75, 3.05) is 4.90 Å². The monoisotopic (exact) mass is 971 g/mol. The van der Waals surface area contributed by atoms with Crippen LogP contribution in [0, 0.1) is 0 Å². The average molecular weight is 972 g/mol. The minimum atomic E-state index is 0.0408. The predicted octanol–water partition coefficient (Wildman–Crippen LogP) is 16.9. The molecule has 16 rings (SSSR count). The van der Waals surface area contributed by atoms with Crippen LogP contribution in [-0.4, -0.2) is 34.7 Å². The molecule has 0 amide bonds. The number of nitrogens with zero attached hydrogens (tertiary/aromatic N) is 7. The van der Waals surface area contributed by atoms with Gasteiger partial charge < -0.3 is 14.0 Å². The van der Waals surface area contributed by atoms with Gasteiger partial charge in [0.2, 0.25) is 5.95 Å². The normalized spacial score (nSPS) is 15.0. The Bertz CT molecular complexity index is 4650. The second kappa shape index (κ2) is 16.7. The number of fused-ring (bicyclic) bond motifs is 13. The van der Waals surface area contributed by atoms with Crippen LogP contribution in [-0.2, 0) is 0 Å². The van der Waals surface area contributed by atoms with E-state index in [4.69, 9.17) is 15.0 Å². The molecule has 1 aliphatic carbocycles. The molecule has 10 aromatic carbocycles. The van der Waals surface area contributed by atoms with Crippen LogP contribution in [0.5, 0.6) is 0 Å². The van der Waals surface area contributed by atoms with Gasteiger partial charge in [-0.25, -0.2) is 4.98 Å². The number of benzene rings is 10. The Kier molecular flexibility index (Phi) is 9.32. The number of aromatic nitrogens is 6. The topological polar surface area (TPSA) is 56.7 Å². The zero-order valence-corrected chi connectivity index (χ0v) is 41.1. The van der Waals surface area contributed by atoms with Gasteiger partial charge in [0.05, 0.1) is 44.8 Å². The van der Waals surface area contributed by atoms with E-state index in [1.807, 2.05) is 6.07 Å². The fourth-order valence-corrected chi connectivity index (χ4v) is 12.5. The Labute approximate surface area is 437 Å². The quantitative estimate of drug-likeness (QED) is 0.160. The van der Waals surface area contributed by atoms with Crippen LogP contribution in [0.2, 0.25) is 0 Å². The van der Waals surface area contributed by atoms with Gasteiger partial charge in [-0.3, -0.25) is 4.57 Å². The summed E-state index contributed by atoms with van der Waals surface area (Å²) >= 11 is 0. The summed E-state index contributed by atoms with van der Waals surface area (Å²) in [6.45, 7) is 0. The standard InChI is InChI=1S/C69H45N7/c1-4-19-44(20-5-1)45-35-37-48(38-36-45)75-62-34-17-13-28-53(62)55-40-41-56-58-43-49(73-59-31-14-10-25-50(59)51-26-11-15-32-60(51)73)39-42-63(58)76(66(56)65(55)75)69-71-67(46-21-6-2-7-22-46)70-68(72-69)57-30-18-29-54-52-27-12-16-33-61(52)74(64(54)57)47-23-8-3-9-24-47/h1-43,53,62H. The van der Waals surface area contributed by atoms with Gasteiger partial charge in [0, 0.05) is 66.4 Å². The highest BCUT2D eigenvalue weighted by molar-refractivity contribution is 6.17. The SMILES string of the molecule is C1=CC2c3ccc4c5cc(-n6c7ccccc7c7ccccc76)ccc5n(-c5nc(-c6ccccc6)nc(-c6cccc7c8ccccc8n(-c8ccccc8)c67)n5)c4c3N(c3ccc(-c4ccccc4)cc3)C2C=C1. The first-order chi connectivity index (χ1) is 37.7. The van der Waals surface area contributed by atoms with Gasteiger partial charge in [-0.15, -0.1) is 0 Å². The maximum atomic E-state index is 5.72. The van der Waals surface area contributed by atoms with Crippen molar-refractivity contribution in [1.82, 2.24) is 28.7 Å². The van der Waals surface area contributed by atoms with E-state index in [0.717, 1.165) is 83.1 Å². The molecule has 5 heterocycles. The Morgan fingerprint density at radius 3 is 1.61 bits per heavy atom. The van der Waals surface area contributed by atoms with Crippen molar-refractivity contribution in [3.8, 4) is 51.2 Å². The fraction of sp³-hybridized carbons (Fsp3) is 0.0290. The molecule has 0 spiro atoms. The maximum Gasteiger partial charge on any atom is 0.238 e. The first-order valence-electron chi connectivity index (χ1n) is 26.0. The Hall–Kier alpha value is -10.1. The number of anilines is 2. The number of rotatable bonds is 7. The Morgan fingerprint density at radius 2 is 0.882 bits per heavy atom. The average Bonchev–Trinajstić information content (AvgIpc) is 4.24. The molecule has 2 unspecified atom stereocenters. The minimum absolute atomic E-state index is 0.0408. The fourth-order valence-electron chi connectivity index (χ4n) is 12.5. The lowest BCUT2D eigenvalue weighted by molar-refractivity contribution is 0.745. The molecule has 1 aliphatic heterocycles. The van der Waals surface area contributed by atoms with Crippen molar-refractivity contribution in [3.63, 3.8) is 0 Å². The summed E-state index contributed by atoms with van der Waals surface area (Å²) in [7, 11) is 0. The minimum Gasteiger partial charge on any atom is -0.332 e. The van der Waals surface area contributed by atoms with Gasteiger partial charge in [0.15, 0.2) is 11.6 Å². The van der Waals surface area contributed by atoms with Gasteiger partial charge in [-0.2, -0.15) is 9.97 Å². The Balaban J connectivity index is 1.01. The highest BCUT2D eigenvalue weighted by Crippen LogP contribution is 2.53. The molecule has 0 saturated carbocycles. The van der Waals surface area contributed by atoms with Crippen molar-refractivity contribution >= 4 is 76.8 Å². The van der Waals surface area contributed by atoms with Crippen LogP contribution >= 0.6 is 0 Å². The number of hydrogen-bond donors (Lipinski definition) is 0. The smallest absolute Gasteiger partial charge is 0.238 e. The zero-order valence-electron chi connectivity index (χ0n) is 41.1. The summed E-state index contributed by atoms with van der Waals surface area (Å²) in [4.78, 5) is 19.3. The summed E-state index contributed by atoms with van der Waals surface area (Å²) in [5, 5.41) is 6.96. The van der Waals surface area contributed by atoms with Crippen molar-refractivity contribution in [1.29, 1.82) is 0 Å². The second-order valence-electron chi connectivity index (χ2n) is 19.9. The van der Waals surface area contributed by atoms with Gasteiger partial charge in [0.25, 0.3) is 0 Å². The third-order valence-electron chi connectivity index (χ3n) is 15.8. The molecule has 2 atom stereocenters. The molecule has 4 aromatic heterocycles. The molecule has 2 aliphatic rings. The van der Waals surface area contributed by atoms with E-state index in [1.165, 1.54) is 32.8 Å². The van der Waals surface area contributed by atoms with Crippen molar-refractivity contribution in [2.45, 2.75) is 12.0 Å². The molecule has 0 saturated heterocycles. The molecular weight excluding hydrogens is 927 g/mol. The number of para-hydroxylation sites is 5. The summed E-state index contributed by atoms with van der Waals surface area (Å²) < 4.78 is 7.10. The molecular formula is C69H45N7. The van der Waals surface area contributed by atoms with Gasteiger partial charge in [-0.1, -0.05) is 194 Å². The summed E-state index contributed by atoms with van der Waals surface area (Å²) in [5.74, 6) is 1.84. The Morgan fingerprint density at radius 1 is 0.329 bits per heavy atom. The predicted molar refractivity (Wildman–Crippen MR) is 313 cm³/mol. The first-order valence-corrected chi connectivity index (χ1v) is 26.0. The van der Waals surface area contributed by atoms with Crippen LogP contribution in [0.1, 0.15) is 11.5 Å². The van der Waals surface area contributed by atoms with Crippen LogP contribution < -0.4 is 4.90 Å². The van der Waals surface area contributed by atoms with E-state index in [2.05, 4.69) is 273 Å². The van der Waals surface area contributed by atoms with Crippen LogP contribution in [0.4, 0.5) is 11.4 Å². The molecule has 14 aromatic rings. The first kappa shape index (κ1) is 42.4. The molecule has 0 radical (unpaired) electrons. The van der Waals surface area contributed by atoms with E-state index in [0.29, 0.717) is 17.6 Å². The molecule has 356 valence electrons. The summed E-state index contributed by atoms with van der Waals surface area (Å²) in [6.07, 6.45) is 9.12. The van der Waals surface area contributed by atoms with E-state index < -0.39 is 0 Å². The maximum absolute atomic E-state index is 5.72. The van der Waals surface area contributed by atoms with Crippen LogP contribution in [0.15, 0.2) is 261 Å². The van der Waals surface area contributed by atoms with E-state index >= 15 is 0 Å². The van der Waals surface area contributed by atoms with E-state index in [9.17, 15) is 0 Å². The van der Waals surface area contributed by atoms with Crippen LogP contribution in [0.3, 0.4) is 0 Å². The van der Waals surface area contributed by atoms with E-state index in [-0.39, 0.29) is 12.0 Å². The van der Waals surface area contributed by atoms with Gasteiger partial charge in [0.1, 0.15) is 0 Å². The summed E-state index contributed by atoms with van der Waals surface area (Å²) in [5.41, 5.74) is 16.4. The zero-order chi connectivity index (χ0) is 49.8. The van der Waals surface area contributed by atoms with Crippen molar-refractivity contribution in [3.05, 3.63) is 266 Å². The van der Waals surface area contributed by atoms with Crippen molar-refractivity contribution in [2.24, 2.45) is 0 Å². The second-order valence-corrected chi connectivity index (χ2v) is 19.9. The largest absolute Gasteiger partial charge is 0.332 e. The van der Waals surface area contributed by atoms with Crippen molar-refractivity contribution < 1.29 is 0 Å². The summed E-state index contributed by atoms with van der Waals surface area (Å²) in [6, 6.07) is 85.0. The van der Waals surface area contributed by atoms with Gasteiger partial charge in [-0.05, 0) is 83.4 Å². The molecule has 76 heavy (non-hydrogen) atoms. The lowest BCUT2D eigenvalue weighted by Gasteiger charge is -2.29. The third-order valence-corrected chi connectivity index (χ3v) is 15.8. The highest BCUT2D eigenvalue weighted by Gasteiger charge is 2.40. The molecule has 0 N–H and O–H groups in total. The number of allylic oxidation sites excluding steroid dienone is 2.